The molecule has 0 radical (unpaired) electrons. The molecule has 9 heteroatoms. The molecule has 1 aliphatic heterocycles. The summed E-state index contributed by atoms with van der Waals surface area (Å²) in [6.45, 7) is 1.51. The topological polar surface area (TPSA) is 76.1 Å². The van der Waals surface area contributed by atoms with E-state index < -0.39 is 5.25 Å². The van der Waals surface area contributed by atoms with Gasteiger partial charge in [-0.05, 0) is 42.7 Å². The molecule has 30 heavy (non-hydrogen) atoms. The monoisotopic (exact) mass is 444 g/mol. The van der Waals surface area contributed by atoms with Crippen molar-refractivity contribution in [3.8, 4) is 0 Å². The Balaban J connectivity index is 1.45. The fraction of sp³-hybridized carbons (Fsp3) is 0.286. The summed E-state index contributed by atoms with van der Waals surface area (Å²) >= 11 is 2.75. The fourth-order valence-electron chi connectivity index (χ4n) is 3.08. The van der Waals surface area contributed by atoms with Crippen LogP contribution in [0, 0.1) is 5.82 Å². The Morgan fingerprint density at radius 3 is 2.73 bits per heavy atom. The molecule has 0 unspecified atom stereocenters. The molecule has 1 amide bonds. The van der Waals surface area contributed by atoms with Gasteiger partial charge in [-0.15, -0.1) is 10.2 Å². The number of nitrogens with one attached hydrogen (secondary N) is 2. The molecular weight excluding hydrogens is 423 g/mol. The van der Waals surface area contributed by atoms with Gasteiger partial charge >= 0.3 is 0 Å². The third kappa shape index (κ3) is 5.56. The minimum atomic E-state index is -0.518. The Hall–Kier alpha value is -2.49. The molecule has 0 saturated carbocycles. The van der Waals surface area contributed by atoms with Crippen LogP contribution in [0.2, 0.25) is 0 Å². The second kappa shape index (κ2) is 10.0. The van der Waals surface area contributed by atoms with Gasteiger partial charge in [-0.25, -0.2) is 4.39 Å². The SMILES string of the molecule is O=C(Nc1ccc(F)cc1)[C@H](Sc1nnc(NC[C@H]2CCCO2)s1)c1ccccc1. The lowest BCUT2D eigenvalue weighted by Gasteiger charge is -2.15. The lowest BCUT2D eigenvalue weighted by Crippen LogP contribution is -2.19. The normalized spacial score (nSPS) is 16.9. The van der Waals surface area contributed by atoms with E-state index in [0.29, 0.717) is 21.7 Å². The highest BCUT2D eigenvalue weighted by Gasteiger charge is 2.24. The molecule has 0 bridgehead atoms. The van der Waals surface area contributed by atoms with Gasteiger partial charge in [-0.2, -0.15) is 0 Å². The molecule has 1 fully saturated rings. The van der Waals surface area contributed by atoms with Crippen molar-refractivity contribution in [3.05, 3.63) is 66.0 Å². The van der Waals surface area contributed by atoms with E-state index in [2.05, 4.69) is 20.8 Å². The van der Waals surface area contributed by atoms with Gasteiger partial charge in [0.15, 0.2) is 4.34 Å². The highest BCUT2D eigenvalue weighted by molar-refractivity contribution is 8.02. The molecule has 2 atom stereocenters. The summed E-state index contributed by atoms with van der Waals surface area (Å²) in [6, 6.07) is 15.2. The summed E-state index contributed by atoms with van der Waals surface area (Å²) in [5.41, 5.74) is 1.39. The van der Waals surface area contributed by atoms with Crippen molar-refractivity contribution in [2.45, 2.75) is 28.5 Å². The molecular formula is C21H21FN4O2S2. The van der Waals surface area contributed by atoms with Crippen molar-refractivity contribution in [1.29, 1.82) is 0 Å². The van der Waals surface area contributed by atoms with Gasteiger partial charge in [0.25, 0.3) is 0 Å². The first kappa shape index (κ1) is 20.8. The van der Waals surface area contributed by atoms with Crippen LogP contribution in [0.1, 0.15) is 23.7 Å². The van der Waals surface area contributed by atoms with Crippen molar-refractivity contribution in [2.24, 2.45) is 0 Å². The Bertz CT molecular complexity index is 963. The number of hydrogen-bond donors (Lipinski definition) is 2. The minimum absolute atomic E-state index is 0.207. The van der Waals surface area contributed by atoms with E-state index in [0.717, 1.165) is 25.0 Å². The first-order chi connectivity index (χ1) is 14.7. The van der Waals surface area contributed by atoms with Crippen LogP contribution in [-0.2, 0) is 9.53 Å². The molecule has 2 N–H and O–H groups in total. The molecule has 0 spiro atoms. The van der Waals surface area contributed by atoms with E-state index >= 15 is 0 Å². The maximum atomic E-state index is 13.2. The quantitative estimate of drug-likeness (QED) is 0.489. The van der Waals surface area contributed by atoms with Crippen LogP contribution in [0.4, 0.5) is 15.2 Å². The zero-order valence-corrected chi connectivity index (χ0v) is 17.7. The van der Waals surface area contributed by atoms with Crippen molar-refractivity contribution >= 4 is 39.8 Å². The number of thioether (sulfide) groups is 1. The zero-order valence-electron chi connectivity index (χ0n) is 16.1. The van der Waals surface area contributed by atoms with E-state index in [-0.39, 0.29) is 17.8 Å². The summed E-state index contributed by atoms with van der Waals surface area (Å²) in [4.78, 5) is 13.0. The van der Waals surface area contributed by atoms with Crippen molar-refractivity contribution < 1.29 is 13.9 Å². The van der Waals surface area contributed by atoms with E-state index in [1.807, 2.05) is 30.3 Å². The molecule has 1 aromatic heterocycles. The summed E-state index contributed by atoms with van der Waals surface area (Å²) in [7, 11) is 0. The van der Waals surface area contributed by atoms with Crippen molar-refractivity contribution in [2.75, 3.05) is 23.8 Å². The number of ether oxygens (including phenoxy) is 1. The number of anilines is 2. The molecule has 2 heterocycles. The first-order valence-electron chi connectivity index (χ1n) is 9.64. The van der Waals surface area contributed by atoms with Gasteiger partial charge in [-0.1, -0.05) is 53.4 Å². The smallest absolute Gasteiger partial charge is 0.242 e. The number of aromatic nitrogens is 2. The van der Waals surface area contributed by atoms with Gasteiger partial charge in [-0.3, -0.25) is 4.79 Å². The van der Waals surface area contributed by atoms with Crippen LogP contribution in [-0.4, -0.2) is 35.4 Å². The van der Waals surface area contributed by atoms with Crippen molar-refractivity contribution in [1.82, 2.24) is 10.2 Å². The number of halogens is 1. The number of benzene rings is 2. The Labute approximate surface area is 182 Å². The maximum absolute atomic E-state index is 13.2. The van der Waals surface area contributed by atoms with Crippen LogP contribution >= 0.6 is 23.1 Å². The lowest BCUT2D eigenvalue weighted by molar-refractivity contribution is -0.115. The van der Waals surface area contributed by atoms with Crippen LogP contribution in [0.15, 0.2) is 58.9 Å². The van der Waals surface area contributed by atoms with E-state index in [1.165, 1.54) is 47.4 Å². The molecule has 3 aromatic rings. The molecule has 4 rings (SSSR count). The fourth-order valence-corrected chi connectivity index (χ4v) is 5.03. The number of amides is 1. The summed E-state index contributed by atoms with van der Waals surface area (Å²) in [5.74, 6) is -0.555. The van der Waals surface area contributed by atoms with Gasteiger partial charge in [0.2, 0.25) is 11.0 Å². The number of hydrogen-bond acceptors (Lipinski definition) is 7. The van der Waals surface area contributed by atoms with E-state index in [1.54, 1.807) is 0 Å². The minimum Gasteiger partial charge on any atom is -0.376 e. The van der Waals surface area contributed by atoms with Gasteiger partial charge < -0.3 is 15.4 Å². The Morgan fingerprint density at radius 1 is 1.20 bits per heavy atom. The Kier molecular flexibility index (Phi) is 6.93. The highest BCUT2D eigenvalue weighted by Crippen LogP contribution is 2.38. The first-order valence-corrected chi connectivity index (χ1v) is 11.3. The van der Waals surface area contributed by atoms with Crippen LogP contribution < -0.4 is 10.6 Å². The average Bonchev–Trinajstić information content (AvgIpc) is 3.44. The standard InChI is InChI=1S/C21H21FN4O2S2/c22-15-8-10-16(11-9-15)24-19(27)18(14-5-2-1-3-6-14)29-21-26-25-20(30-21)23-13-17-7-4-12-28-17/h1-3,5-6,8-11,17-18H,4,7,12-13H2,(H,23,25)(H,24,27)/t17-,18-/m1/s1. The lowest BCUT2D eigenvalue weighted by atomic mass is 10.1. The largest absolute Gasteiger partial charge is 0.376 e. The number of rotatable bonds is 8. The van der Waals surface area contributed by atoms with Crippen LogP contribution in [0.25, 0.3) is 0 Å². The summed E-state index contributed by atoms with van der Waals surface area (Å²) in [5, 5.41) is 14.7. The summed E-state index contributed by atoms with van der Waals surface area (Å²) in [6.07, 6.45) is 2.35. The van der Waals surface area contributed by atoms with Gasteiger partial charge in [0.1, 0.15) is 11.1 Å². The second-order valence-electron chi connectivity index (χ2n) is 6.79. The maximum Gasteiger partial charge on any atom is 0.242 e. The van der Waals surface area contributed by atoms with Crippen LogP contribution in [0.3, 0.4) is 0 Å². The average molecular weight is 445 g/mol. The van der Waals surface area contributed by atoms with Gasteiger partial charge in [0, 0.05) is 18.8 Å². The van der Waals surface area contributed by atoms with E-state index in [9.17, 15) is 9.18 Å². The Morgan fingerprint density at radius 2 is 2.00 bits per heavy atom. The van der Waals surface area contributed by atoms with E-state index in [4.69, 9.17) is 4.74 Å². The molecule has 0 aliphatic carbocycles. The molecule has 2 aromatic carbocycles. The predicted octanol–water partition coefficient (Wildman–Crippen LogP) is 4.74. The zero-order chi connectivity index (χ0) is 20.8. The summed E-state index contributed by atoms with van der Waals surface area (Å²) < 4.78 is 19.5. The highest BCUT2D eigenvalue weighted by atomic mass is 32.2. The molecule has 156 valence electrons. The molecule has 6 nitrogen and oxygen atoms in total. The molecule has 1 aliphatic rings. The van der Waals surface area contributed by atoms with Crippen molar-refractivity contribution in [3.63, 3.8) is 0 Å². The van der Waals surface area contributed by atoms with Gasteiger partial charge in [0.05, 0.1) is 6.10 Å². The number of carbonyl (C=O) groups excluding carboxylic acids is 1. The number of nitrogens with zero attached hydrogens (tertiary/aromatic N) is 2. The third-order valence-corrected chi connectivity index (χ3v) is 6.80. The third-order valence-electron chi connectivity index (χ3n) is 4.58. The second-order valence-corrected chi connectivity index (χ2v) is 9.12. The number of carbonyl (C=O) groups is 1. The molecule has 1 saturated heterocycles. The predicted molar refractivity (Wildman–Crippen MR) is 117 cm³/mol. The van der Waals surface area contributed by atoms with Crippen LogP contribution in [0.5, 0.6) is 0 Å².